The van der Waals surface area contributed by atoms with Gasteiger partial charge in [-0.15, -0.1) is 0 Å². The number of carbonyl (C=O) groups is 2. The van der Waals surface area contributed by atoms with Gasteiger partial charge in [0.25, 0.3) is 5.91 Å². The number of amides is 1. The van der Waals surface area contributed by atoms with E-state index in [1.807, 2.05) is 48.5 Å². The second kappa shape index (κ2) is 10.5. The van der Waals surface area contributed by atoms with Crippen molar-refractivity contribution in [2.75, 3.05) is 0 Å². The van der Waals surface area contributed by atoms with E-state index in [4.69, 9.17) is 0 Å². The van der Waals surface area contributed by atoms with Crippen molar-refractivity contribution in [3.63, 3.8) is 0 Å². The number of carboxylic acid groups (broad SMARTS) is 1. The molecule has 0 fully saturated rings. The highest BCUT2D eigenvalue weighted by atomic mass is 16.4. The summed E-state index contributed by atoms with van der Waals surface area (Å²) >= 11 is 0. The van der Waals surface area contributed by atoms with E-state index in [9.17, 15) is 14.7 Å². The van der Waals surface area contributed by atoms with E-state index >= 15 is 0 Å². The molecular formula is C35H28N2O3. The van der Waals surface area contributed by atoms with Crippen molar-refractivity contribution in [2.24, 2.45) is 0 Å². The lowest BCUT2D eigenvalue weighted by molar-refractivity contribution is 0.0696. The van der Waals surface area contributed by atoms with E-state index in [-0.39, 0.29) is 24.1 Å². The molecule has 5 nitrogen and oxygen atoms in total. The quantitative estimate of drug-likeness (QED) is 0.225. The predicted octanol–water partition coefficient (Wildman–Crippen LogP) is 7.70. The molecule has 1 aromatic heterocycles. The number of carbonyl (C=O) groups excluding carboxylic acids is 1. The molecule has 5 heteroatoms. The Morgan fingerprint density at radius 2 is 1.48 bits per heavy atom. The molecular weight excluding hydrogens is 496 g/mol. The fourth-order valence-electron chi connectivity index (χ4n) is 5.27. The van der Waals surface area contributed by atoms with Crippen molar-refractivity contribution in [3.8, 4) is 11.1 Å². The highest BCUT2D eigenvalue weighted by Gasteiger charge is 2.19. The van der Waals surface area contributed by atoms with Crippen molar-refractivity contribution in [1.82, 2.24) is 9.88 Å². The Labute approximate surface area is 232 Å². The van der Waals surface area contributed by atoms with Gasteiger partial charge in [0.05, 0.1) is 22.7 Å². The average Bonchev–Trinajstić information content (AvgIpc) is 3.43. The van der Waals surface area contributed by atoms with Crippen LogP contribution >= 0.6 is 0 Å². The van der Waals surface area contributed by atoms with Crippen molar-refractivity contribution in [2.45, 2.75) is 19.5 Å². The number of carboxylic acids is 1. The van der Waals surface area contributed by atoms with Gasteiger partial charge in [0.2, 0.25) is 0 Å². The van der Waals surface area contributed by atoms with Crippen LogP contribution in [0.4, 0.5) is 0 Å². The Kier molecular flexibility index (Phi) is 6.62. The summed E-state index contributed by atoms with van der Waals surface area (Å²) in [4.78, 5) is 24.9. The summed E-state index contributed by atoms with van der Waals surface area (Å²) in [6.45, 7) is 2.44. The number of benzene rings is 5. The Balaban J connectivity index is 1.40. The highest BCUT2D eigenvalue weighted by Crippen LogP contribution is 2.33. The SMILES string of the molecule is C[C@@H](c1ccc2ccccc2c1)n1ccc2cc(-c3ccccc3)cc(C(=O)NCc3ccc(C(=O)O)cc3)c21. The van der Waals surface area contributed by atoms with E-state index in [1.54, 1.807) is 24.3 Å². The molecule has 0 radical (unpaired) electrons. The molecule has 6 rings (SSSR count). The molecule has 6 aromatic rings. The molecule has 0 aliphatic heterocycles. The lowest BCUT2D eigenvalue weighted by Gasteiger charge is -2.19. The molecule has 196 valence electrons. The standard InChI is InChI=1S/C35H28N2O3/c1-23(28-16-15-26-9-5-6-10-29(26)19-28)37-18-17-30-20-31(25-7-3-2-4-8-25)21-32(33(30)37)34(38)36-22-24-11-13-27(14-12-24)35(39)40/h2-21,23H,22H2,1H3,(H,36,38)(H,39,40)/t23-/m0/s1. The molecule has 1 atom stereocenters. The minimum Gasteiger partial charge on any atom is -0.478 e. The van der Waals surface area contributed by atoms with Crippen LogP contribution in [0.1, 0.15) is 44.8 Å². The first-order valence-electron chi connectivity index (χ1n) is 13.3. The molecule has 0 saturated carbocycles. The van der Waals surface area contributed by atoms with Gasteiger partial charge in [-0.05, 0) is 76.3 Å². The molecule has 0 spiro atoms. The minimum atomic E-state index is -0.975. The first-order valence-corrected chi connectivity index (χ1v) is 13.3. The maximum absolute atomic E-state index is 13.8. The number of aromatic nitrogens is 1. The first-order chi connectivity index (χ1) is 19.5. The number of nitrogens with one attached hydrogen (secondary N) is 1. The van der Waals surface area contributed by atoms with E-state index in [0.717, 1.165) is 33.2 Å². The highest BCUT2D eigenvalue weighted by molar-refractivity contribution is 6.08. The molecule has 0 aliphatic rings. The third-order valence-electron chi connectivity index (χ3n) is 7.49. The number of rotatable bonds is 7. The average molecular weight is 525 g/mol. The van der Waals surface area contributed by atoms with Crippen molar-refractivity contribution in [1.29, 1.82) is 0 Å². The van der Waals surface area contributed by atoms with E-state index in [2.05, 4.69) is 65.5 Å². The molecule has 0 unspecified atom stereocenters. The molecule has 40 heavy (non-hydrogen) atoms. The first kappa shape index (κ1) is 25.1. The maximum Gasteiger partial charge on any atom is 0.335 e. The molecule has 1 heterocycles. The molecule has 0 saturated heterocycles. The maximum atomic E-state index is 13.8. The van der Waals surface area contributed by atoms with Gasteiger partial charge in [0.1, 0.15) is 0 Å². The van der Waals surface area contributed by atoms with Crippen LogP contribution in [0.25, 0.3) is 32.8 Å². The summed E-state index contributed by atoms with van der Waals surface area (Å²) in [6.07, 6.45) is 2.06. The molecule has 0 bridgehead atoms. The zero-order valence-electron chi connectivity index (χ0n) is 22.0. The largest absolute Gasteiger partial charge is 0.478 e. The topological polar surface area (TPSA) is 71.3 Å². The van der Waals surface area contributed by atoms with Gasteiger partial charge in [-0.3, -0.25) is 4.79 Å². The lowest BCUT2D eigenvalue weighted by Crippen LogP contribution is -2.24. The van der Waals surface area contributed by atoms with Crippen LogP contribution in [0.15, 0.2) is 121 Å². The van der Waals surface area contributed by atoms with Crippen LogP contribution < -0.4 is 5.32 Å². The number of hydrogen-bond donors (Lipinski definition) is 2. The summed E-state index contributed by atoms with van der Waals surface area (Å²) in [5, 5.41) is 15.6. The lowest BCUT2D eigenvalue weighted by atomic mass is 9.99. The van der Waals surface area contributed by atoms with E-state index in [0.29, 0.717) is 5.56 Å². The van der Waals surface area contributed by atoms with Crippen LogP contribution in [0.2, 0.25) is 0 Å². The second-order valence-corrected chi connectivity index (χ2v) is 10.0. The monoisotopic (exact) mass is 524 g/mol. The fraction of sp³-hybridized carbons (Fsp3) is 0.0857. The predicted molar refractivity (Wildman–Crippen MR) is 160 cm³/mol. The summed E-state index contributed by atoms with van der Waals surface area (Å²) < 4.78 is 2.17. The van der Waals surface area contributed by atoms with Crippen LogP contribution in [-0.4, -0.2) is 21.6 Å². The van der Waals surface area contributed by atoms with Crippen LogP contribution in [0.3, 0.4) is 0 Å². The third-order valence-corrected chi connectivity index (χ3v) is 7.49. The zero-order chi connectivity index (χ0) is 27.6. The van der Waals surface area contributed by atoms with Gasteiger partial charge in [-0.1, -0.05) is 78.9 Å². The number of aromatic carboxylic acids is 1. The number of fused-ring (bicyclic) bond motifs is 2. The van der Waals surface area contributed by atoms with Gasteiger partial charge in [-0.2, -0.15) is 0 Å². The van der Waals surface area contributed by atoms with E-state index < -0.39 is 5.97 Å². The minimum absolute atomic E-state index is 0.000190. The molecule has 5 aromatic carbocycles. The molecule has 0 aliphatic carbocycles. The van der Waals surface area contributed by atoms with Crippen LogP contribution in [0, 0.1) is 0 Å². The summed E-state index contributed by atoms with van der Waals surface area (Å²) in [6, 6.07) is 37.6. The van der Waals surface area contributed by atoms with Crippen molar-refractivity contribution < 1.29 is 14.7 Å². The van der Waals surface area contributed by atoms with Crippen molar-refractivity contribution in [3.05, 3.63) is 144 Å². The Morgan fingerprint density at radius 1 is 0.750 bits per heavy atom. The summed E-state index contributed by atoms with van der Waals surface area (Å²) in [5.74, 6) is -1.16. The Morgan fingerprint density at radius 3 is 2.23 bits per heavy atom. The molecule has 2 N–H and O–H groups in total. The van der Waals surface area contributed by atoms with Crippen molar-refractivity contribution >= 4 is 33.6 Å². The van der Waals surface area contributed by atoms with Gasteiger partial charge >= 0.3 is 5.97 Å². The smallest absolute Gasteiger partial charge is 0.335 e. The van der Waals surface area contributed by atoms with Gasteiger partial charge in [0, 0.05) is 18.1 Å². The van der Waals surface area contributed by atoms with E-state index in [1.165, 1.54) is 10.8 Å². The van der Waals surface area contributed by atoms with Gasteiger partial charge in [-0.25, -0.2) is 4.79 Å². The Hall–Kier alpha value is -5.16. The normalized spacial score (nSPS) is 11.9. The van der Waals surface area contributed by atoms with Gasteiger partial charge < -0.3 is 15.0 Å². The Bertz CT molecular complexity index is 1850. The number of hydrogen-bond acceptors (Lipinski definition) is 2. The fourth-order valence-corrected chi connectivity index (χ4v) is 5.27. The third kappa shape index (κ3) is 4.85. The van der Waals surface area contributed by atoms with Gasteiger partial charge in [0.15, 0.2) is 0 Å². The zero-order valence-corrected chi connectivity index (χ0v) is 22.0. The summed E-state index contributed by atoms with van der Waals surface area (Å²) in [7, 11) is 0. The summed E-state index contributed by atoms with van der Waals surface area (Å²) in [5.41, 5.74) is 5.68. The second-order valence-electron chi connectivity index (χ2n) is 10.0. The van der Waals surface area contributed by atoms with Crippen LogP contribution in [0.5, 0.6) is 0 Å². The van der Waals surface area contributed by atoms with Crippen LogP contribution in [-0.2, 0) is 6.54 Å². The molecule has 1 amide bonds. The number of nitrogens with zero attached hydrogens (tertiary/aromatic N) is 1.